The van der Waals surface area contributed by atoms with Gasteiger partial charge in [-0.05, 0) is 63.5 Å². The largest absolute Gasteiger partial charge is 0.340 e. The van der Waals surface area contributed by atoms with Crippen LogP contribution in [0, 0.1) is 30.6 Å². The number of carbonyl (C=O) groups excluding carboxylic acids is 3. The van der Waals surface area contributed by atoms with Crippen molar-refractivity contribution in [2.75, 3.05) is 25.5 Å². The Labute approximate surface area is 260 Å². The molecule has 244 valence electrons. The van der Waals surface area contributed by atoms with Crippen LogP contribution >= 0.6 is 0 Å². The molecule has 1 aromatic carbocycles. The second-order valence-electron chi connectivity index (χ2n) is 13.3. The predicted octanol–water partition coefficient (Wildman–Crippen LogP) is 3.56. The lowest BCUT2D eigenvalue weighted by Crippen LogP contribution is -2.75. The van der Waals surface area contributed by atoms with Crippen molar-refractivity contribution in [3.8, 4) is 0 Å². The molecule has 1 spiro atoms. The number of hydrogen-bond donors (Lipinski definition) is 1. The fraction of sp³-hybridized carbons (Fsp3) is 0.719. The highest BCUT2D eigenvalue weighted by Crippen LogP contribution is 2.60. The van der Waals surface area contributed by atoms with Gasteiger partial charge in [-0.2, -0.15) is 0 Å². The first-order valence-corrected chi connectivity index (χ1v) is 17.7. The second kappa shape index (κ2) is 12.7. The molecule has 1 aromatic rings. The maximum Gasteiger partial charge on any atom is 0.240 e. The van der Waals surface area contributed by atoms with E-state index in [0.717, 1.165) is 31.2 Å². The molecule has 11 nitrogen and oxygen atoms in total. The van der Waals surface area contributed by atoms with E-state index >= 15 is 0 Å². The smallest absolute Gasteiger partial charge is 0.240 e. The molecule has 3 unspecified atom stereocenters. The third-order valence-corrected chi connectivity index (χ3v) is 11.7. The molecule has 1 N–H and O–H groups in total. The van der Waals surface area contributed by atoms with Crippen molar-refractivity contribution in [3.63, 3.8) is 0 Å². The van der Waals surface area contributed by atoms with E-state index in [1.807, 2.05) is 27.7 Å². The second-order valence-corrected chi connectivity index (χ2v) is 15.3. The van der Waals surface area contributed by atoms with E-state index in [9.17, 15) is 22.8 Å². The Morgan fingerprint density at radius 1 is 1.09 bits per heavy atom. The molecule has 3 amide bonds. The maximum absolute atomic E-state index is 13.8. The van der Waals surface area contributed by atoms with Gasteiger partial charge in [-0.25, -0.2) is 18.2 Å². The number of nitrogens with one attached hydrogen (secondary N) is 1. The summed E-state index contributed by atoms with van der Waals surface area (Å²) >= 11 is 0. The highest BCUT2D eigenvalue weighted by molar-refractivity contribution is 7.91. The number of likely N-dealkylation sites (tertiary alicyclic amines) is 1. The Hall–Kier alpha value is -2.54. The molecule has 0 radical (unpaired) electrons. The number of amides is 3. The first-order valence-electron chi connectivity index (χ1n) is 16.0. The van der Waals surface area contributed by atoms with E-state index in [1.54, 1.807) is 17.0 Å². The van der Waals surface area contributed by atoms with Crippen LogP contribution in [0.5, 0.6) is 0 Å². The molecule has 5 aliphatic rings. The lowest BCUT2D eigenvalue weighted by atomic mass is 9.57. The number of ether oxygens (including phenoxy) is 1. The summed E-state index contributed by atoms with van der Waals surface area (Å²) in [4.78, 5) is 55.7. The van der Waals surface area contributed by atoms with Crippen molar-refractivity contribution in [3.05, 3.63) is 29.8 Å². The van der Waals surface area contributed by atoms with E-state index in [-0.39, 0.29) is 54.0 Å². The molecule has 12 heteroatoms. The summed E-state index contributed by atoms with van der Waals surface area (Å²) in [5, 5.41) is 2.47. The van der Waals surface area contributed by atoms with Gasteiger partial charge in [0.25, 0.3) is 0 Å². The molecule has 6 rings (SSSR count). The van der Waals surface area contributed by atoms with E-state index < -0.39 is 39.2 Å². The van der Waals surface area contributed by atoms with Crippen LogP contribution in [0.1, 0.15) is 78.2 Å². The van der Waals surface area contributed by atoms with Gasteiger partial charge >= 0.3 is 0 Å². The van der Waals surface area contributed by atoms with Crippen molar-refractivity contribution in [2.45, 2.75) is 102 Å². The Morgan fingerprint density at radius 3 is 2.52 bits per heavy atom. The number of unbranched alkanes of at least 4 members (excludes halogenated alkanes) is 1. The van der Waals surface area contributed by atoms with E-state index in [4.69, 9.17) is 14.5 Å². The third kappa shape index (κ3) is 6.15. The van der Waals surface area contributed by atoms with Crippen molar-refractivity contribution < 1.29 is 37.3 Å². The van der Waals surface area contributed by atoms with Crippen molar-refractivity contribution in [1.29, 1.82) is 0 Å². The van der Waals surface area contributed by atoms with Gasteiger partial charge in [0.15, 0.2) is 21.7 Å². The number of benzene rings is 1. The summed E-state index contributed by atoms with van der Waals surface area (Å²) in [6.07, 6.45) is 4.20. The van der Waals surface area contributed by atoms with Crippen molar-refractivity contribution >= 4 is 27.6 Å². The molecule has 1 saturated carbocycles. The van der Waals surface area contributed by atoms with Crippen LogP contribution in [0.4, 0.5) is 0 Å². The number of aryl methyl sites for hydroxylation is 1. The van der Waals surface area contributed by atoms with Crippen LogP contribution in [0.2, 0.25) is 0 Å². The minimum atomic E-state index is -3.73. The highest BCUT2D eigenvalue weighted by Gasteiger charge is 2.70. The number of piperidine rings is 1. The minimum absolute atomic E-state index is 0.00445. The monoisotopic (exact) mass is 633 g/mol. The van der Waals surface area contributed by atoms with Crippen LogP contribution in [0.15, 0.2) is 29.2 Å². The zero-order valence-electron chi connectivity index (χ0n) is 26.5. The Kier molecular flexibility index (Phi) is 9.47. The molecule has 2 bridgehead atoms. The Morgan fingerprint density at radius 2 is 1.82 bits per heavy atom. The van der Waals surface area contributed by atoms with E-state index in [1.165, 1.54) is 17.0 Å². The number of rotatable bonds is 11. The van der Waals surface area contributed by atoms with E-state index in [2.05, 4.69) is 12.2 Å². The number of carbonyl (C=O) groups is 3. The van der Waals surface area contributed by atoms with Gasteiger partial charge in [-0.1, -0.05) is 44.9 Å². The van der Waals surface area contributed by atoms with Gasteiger partial charge in [-0.15, -0.1) is 0 Å². The van der Waals surface area contributed by atoms with Crippen LogP contribution in [0.25, 0.3) is 0 Å². The molecule has 4 heterocycles. The minimum Gasteiger partial charge on any atom is -0.340 e. The molecule has 1 aliphatic carbocycles. The zero-order valence-corrected chi connectivity index (χ0v) is 27.4. The standard InChI is InChI=1S/C32H47N3O8S/c1-6-7-17-34(19-27(36)33-20-44(39,40)24-11-8-21(2)9-12-24)28(37)15-18-35-29(38)23(4)26-13-10-22(3)25-14-16-31(5)41-30(35)32(25,26)43-42-31/h8-9,11-12,22-23,25-26,30H,6-7,10,13-20H2,1-5H3,(H,33,36)/t22-,23+,25?,26?,30?,31-,32+/m0/s1. The summed E-state index contributed by atoms with van der Waals surface area (Å²) in [6, 6.07) is 6.42. The van der Waals surface area contributed by atoms with Crippen LogP contribution in [-0.2, 0) is 38.7 Å². The number of nitrogens with zero attached hydrogens (tertiary/aromatic N) is 2. The Bertz CT molecular complexity index is 1350. The molecule has 0 aromatic heterocycles. The van der Waals surface area contributed by atoms with Crippen LogP contribution in [0.3, 0.4) is 0 Å². The van der Waals surface area contributed by atoms with Gasteiger partial charge in [0, 0.05) is 37.8 Å². The third-order valence-electron chi connectivity index (χ3n) is 10.2. The SMILES string of the molecule is CCCCN(CC(=O)NCS(=O)(=O)c1ccc(C)cc1)C(=O)CCN1C(=O)[C@H](C)C2CC[C@H](C)C3CC[C@]4(C)OO[C@]32C1O4. The first kappa shape index (κ1) is 32.8. The molecule has 5 fully saturated rings. The zero-order chi connectivity index (χ0) is 31.9. The molecule has 44 heavy (non-hydrogen) atoms. The van der Waals surface area contributed by atoms with E-state index in [0.29, 0.717) is 25.3 Å². The van der Waals surface area contributed by atoms with Gasteiger partial charge < -0.3 is 19.9 Å². The lowest BCUT2D eigenvalue weighted by molar-refractivity contribution is -0.547. The normalized spacial score (nSPS) is 33.0. The molecule has 4 saturated heterocycles. The quantitative estimate of drug-likeness (QED) is 0.366. The lowest BCUT2D eigenvalue weighted by Gasteiger charge is -2.61. The van der Waals surface area contributed by atoms with Crippen molar-refractivity contribution in [2.24, 2.45) is 23.7 Å². The fourth-order valence-corrected chi connectivity index (χ4v) is 8.70. The number of fused-ring (bicyclic) bond motifs is 2. The summed E-state index contributed by atoms with van der Waals surface area (Å²) < 4.78 is 32.0. The first-order chi connectivity index (χ1) is 20.8. The average molecular weight is 634 g/mol. The highest BCUT2D eigenvalue weighted by atomic mass is 32.2. The summed E-state index contributed by atoms with van der Waals surface area (Å²) in [5.41, 5.74) is 0.133. The molecule has 4 aliphatic heterocycles. The molecular weight excluding hydrogens is 586 g/mol. The van der Waals surface area contributed by atoms with Gasteiger partial charge in [0.05, 0.1) is 11.4 Å². The fourth-order valence-electron chi connectivity index (χ4n) is 7.63. The topological polar surface area (TPSA) is 132 Å². The number of hydrogen-bond acceptors (Lipinski definition) is 8. The van der Waals surface area contributed by atoms with Crippen molar-refractivity contribution in [1.82, 2.24) is 15.1 Å². The van der Waals surface area contributed by atoms with Gasteiger partial charge in [0.2, 0.25) is 23.5 Å². The summed E-state index contributed by atoms with van der Waals surface area (Å²) in [7, 11) is -3.73. The maximum atomic E-state index is 13.8. The van der Waals surface area contributed by atoms with Gasteiger partial charge in [-0.3, -0.25) is 14.4 Å². The summed E-state index contributed by atoms with van der Waals surface area (Å²) in [6.45, 7) is 10.1. The molecular formula is C32H47N3O8S. The van der Waals surface area contributed by atoms with Crippen LogP contribution in [-0.4, -0.2) is 79.1 Å². The number of sulfone groups is 1. The summed E-state index contributed by atoms with van der Waals surface area (Å²) in [5.74, 6) is -2.28. The average Bonchev–Trinajstić information content (AvgIpc) is 3.23. The van der Waals surface area contributed by atoms with Crippen LogP contribution < -0.4 is 5.32 Å². The predicted molar refractivity (Wildman–Crippen MR) is 161 cm³/mol. The Balaban J connectivity index is 1.27. The van der Waals surface area contributed by atoms with Gasteiger partial charge in [0.1, 0.15) is 5.88 Å². The molecule has 7 atom stereocenters.